The zero-order valence-electron chi connectivity index (χ0n) is 20.0. The van der Waals surface area contributed by atoms with Crippen LogP contribution in [0.25, 0.3) is 0 Å². The third-order valence-electron chi connectivity index (χ3n) is 6.72. The van der Waals surface area contributed by atoms with Crippen LogP contribution in [-0.4, -0.2) is 21.9 Å². The SMILES string of the molecule is CC(C)(C)c1cc2c3c(c1)CS(=O)(=O)CS(=O)(=O)Cc1cc(C(C)(C)C)cc(c1CC3)C2. The Kier molecular flexibility index (Phi) is 5.45. The van der Waals surface area contributed by atoms with Gasteiger partial charge in [0.15, 0.2) is 24.8 Å². The number of sulfone groups is 2. The van der Waals surface area contributed by atoms with Gasteiger partial charge in [-0.25, -0.2) is 16.8 Å². The molecule has 0 N–H and O–H groups in total. The van der Waals surface area contributed by atoms with Gasteiger partial charge < -0.3 is 0 Å². The predicted molar refractivity (Wildman–Crippen MR) is 131 cm³/mol. The molecule has 0 amide bonds. The lowest BCUT2D eigenvalue weighted by atomic mass is 9.81. The minimum Gasteiger partial charge on any atom is -0.227 e. The maximum Gasteiger partial charge on any atom is 0.168 e. The molecule has 0 unspecified atom stereocenters. The van der Waals surface area contributed by atoms with Crippen molar-refractivity contribution in [3.05, 3.63) is 68.8 Å². The lowest BCUT2D eigenvalue weighted by Gasteiger charge is -2.25. The molecule has 1 heterocycles. The summed E-state index contributed by atoms with van der Waals surface area (Å²) in [5, 5.41) is -0.803. The lowest BCUT2D eigenvalue weighted by Crippen LogP contribution is -2.22. The van der Waals surface area contributed by atoms with Crippen molar-refractivity contribution in [1.82, 2.24) is 0 Å². The molecular formula is C26H34O4S2. The van der Waals surface area contributed by atoms with Crippen LogP contribution in [0.2, 0.25) is 0 Å². The molecule has 2 aromatic rings. The van der Waals surface area contributed by atoms with E-state index in [9.17, 15) is 16.8 Å². The van der Waals surface area contributed by atoms with Crippen molar-refractivity contribution in [3.63, 3.8) is 0 Å². The van der Waals surface area contributed by atoms with Crippen LogP contribution in [0.15, 0.2) is 24.3 Å². The van der Waals surface area contributed by atoms with Crippen LogP contribution < -0.4 is 0 Å². The van der Waals surface area contributed by atoms with Crippen LogP contribution in [0, 0.1) is 0 Å². The third kappa shape index (κ3) is 4.67. The molecule has 2 aliphatic rings. The fourth-order valence-corrected chi connectivity index (χ4v) is 9.28. The van der Waals surface area contributed by atoms with E-state index in [2.05, 4.69) is 53.7 Å². The maximum absolute atomic E-state index is 13.0. The molecule has 2 bridgehead atoms. The highest BCUT2D eigenvalue weighted by molar-refractivity contribution is 8.07. The first-order chi connectivity index (χ1) is 14.5. The highest BCUT2D eigenvalue weighted by atomic mass is 32.3. The van der Waals surface area contributed by atoms with Crippen molar-refractivity contribution in [2.75, 3.05) is 5.08 Å². The average molecular weight is 475 g/mol. The molecule has 0 aromatic heterocycles. The second kappa shape index (κ2) is 7.42. The fourth-order valence-electron chi connectivity index (χ4n) is 4.96. The van der Waals surface area contributed by atoms with Gasteiger partial charge in [0.2, 0.25) is 0 Å². The summed E-state index contributed by atoms with van der Waals surface area (Å²) in [7, 11) is -7.61. The first kappa shape index (κ1) is 23.5. The number of hydrogen-bond acceptors (Lipinski definition) is 4. The Morgan fingerprint density at radius 3 is 1.28 bits per heavy atom. The molecule has 0 saturated carbocycles. The molecule has 32 heavy (non-hydrogen) atoms. The highest BCUT2D eigenvalue weighted by Crippen LogP contribution is 2.37. The van der Waals surface area contributed by atoms with Gasteiger partial charge in [-0.2, -0.15) is 0 Å². The number of benzene rings is 2. The molecule has 4 rings (SSSR count). The molecular weight excluding hydrogens is 440 g/mol. The zero-order valence-corrected chi connectivity index (χ0v) is 21.6. The minimum absolute atomic E-state index is 0.135. The molecule has 0 spiro atoms. The first-order valence-electron chi connectivity index (χ1n) is 11.3. The van der Waals surface area contributed by atoms with Crippen LogP contribution in [0.3, 0.4) is 0 Å². The van der Waals surface area contributed by atoms with E-state index in [0.717, 1.165) is 46.2 Å². The van der Waals surface area contributed by atoms with Gasteiger partial charge in [-0.05, 0) is 74.6 Å². The van der Waals surface area contributed by atoms with Crippen molar-refractivity contribution in [1.29, 1.82) is 0 Å². The van der Waals surface area contributed by atoms with E-state index in [1.165, 1.54) is 11.1 Å². The second-order valence-electron chi connectivity index (χ2n) is 11.6. The predicted octanol–water partition coefficient (Wildman–Crippen LogP) is 4.77. The lowest BCUT2D eigenvalue weighted by molar-refractivity contribution is 0.582. The molecule has 0 fully saturated rings. The van der Waals surface area contributed by atoms with Gasteiger partial charge >= 0.3 is 0 Å². The molecule has 2 aromatic carbocycles. The Morgan fingerprint density at radius 1 is 0.594 bits per heavy atom. The summed E-state index contributed by atoms with van der Waals surface area (Å²) in [4.78, 5) is 0. The Bertz CT molecular complexity index is 1200. The summed E-state index contributed by atoms with van der Waals surface area (Å²) in [5.41, 5.74) is 8.00. The summed E-state index contributed by atoms with van der Waals surface area (Å²) in [6, 6.07) is 8.48. The number of rotatable bonds is 0. The van der Waals surface area contributed by atoms with Gasteiger partial charge in [0.05, 0.1) is 11.5 Å². The van der Waals surface area contributed by atoms with Gasteiger partial charge in [-0.1, -0.05) is 65.8 Å². The summed E-state index contributed by atoms with van der Waals surface area (Å²) >= 11 is 0. The molecule has 1 aliphatic carbocycles. The van der Waals surface area contributed by atoms with Crippen LogP contribution in [0.1, 0.15) is 86.1 Å². The minimum atomic E-state index is -3.81. The van der Waals surface area contributed by atoms with E-state index in [-0.39, 0.29) is 22.3 Å². The summed E-state index contributed by atoms with van der Waals surface area (Å²) in [6.45, 7) is 12.8. The van der Waals surface area contributed by atoms with Gasteiger partial charge in [0, 0.05) is 0 Å². The summed E-state index contributed by atoms with van der Waals surface area (Å²) < 4.78 is 52.1. The van der Waals surface area contributed by atoms with Crippen molar-refractivity contribution in [2.45, 2.75) is 83.1 Å². The monoisotopic (exact) mass is 474 g/mol. The molecule has 0 atom stereocenters. The van der Waals surface area contributed by atoms with Crippen molar-refractivity contribution in [3.8, 4) is 0 Å². The Balaban J connectivity index is 2.06. The van der Waals surface area contributed by atoms with Crippen LogP contribution in [0.5, 0.6) is 0 Å². The standard InChI is InChI=1S/C26H34O4S2/c1-25(2,3)21-10-17-9-18-11-22(26(4,5)6)13-20-15-32(29,30)16-31(27,28)14-19(12-21)23(17)7-8-24(18)20/h10-13H,7-9,14-16H2,1-6H3. The van der Waals surface area contributed by atoms with Gasteiger partial charge in [0.25, 0.3) is 0 Å². The topological polar surface area (TPSA) is 68.3 Å². The van der Waals surface area contributed by atoms with E-state index in [1.54, 1.807) is 0 Å². The normalized spacial score (nSPS) is 19.8. The van der Waals surface area contributed by atoms with E-state index >= 15 is 0 Å². The van der Waals surface area contributed by atoms with Crippen LogP contribution in [0.4, 0.5) is 0 Å². The fraction of sp³-hybridized carbons (Fsp3) is 0.538. The van der Waals surface area contributed by atoms with Crippen molar-refractivity contribution < 1.29 is 16.8 Å². The molecule has 0 radical (unpaired) electrons. The van der Waals surface area contributed by atoms with E-state index in [1.807, 2.05) is 12.1 Å². The molecule has 1 aliphatic heterocycles. The Labute approximate surface area is 193 Å². The van der Waals surface area contributed by atoms with E-state index in [0.29, 0.717) is 6.42 Å². The smallest absolute Gasteiger partial charge is 0.168 e. The highest BCUT2D eigenvalue weighted by Gasteiger charge is 2.31. The Morgan fingerprint density at radius 2 is 0.938 bits per heavy atom. The molecule has 174 valence electrons. The van der Waals surface area contributed by atoms with Crippen LogP contribution in [-0.2, 0) is 61.3 Å². The van der Waals surface area contributed by atoms with E-state index < -0.39 is 24.8 Å². The molecule has 4 nitrogen and oxygen atoms in total. The quantitative estimate of drug-likeness (QED) is 0.551. The number of fused-ring (bicyclic) bond motifs is 1. The largest absolute Gasteiger partial charge is 0.227 e. The van der Waals surface area contributed by atoms with Crippen LogP contribution >= 0.6 is 0 Å². The zero-order chi connectivity index (χ0) is 23.7. The van der Waals surface area contributed by atoms with Gasteiger partial charge in [0.1, 0.15) is 0 Å². The molecule has 0 saturated heterocycles. The first-order valence-corrected chi connectivity index (χ1v) is 14.9. The average Bonchev–Trinajstić information content (AvgIpc) is 2.77. The third-order valence-corrected chi connectivity index (χ3v) is 11.1. The summed E-state index contributed by atoms with van der Waals surface area (Å²) in [6.07, 6.45) is 2.18. The van der Waals surface area contributed by atoms with E-state index in [4.69, 9.17) is 0 Å². The maximum atomic E-state index is 13.0. The molecule has 6 heteroatoms. The van der Waals surface area contributed by atoms with Crippen molar-refractivity contribution >= 4 is 19.7 Å². The summed E-state index contributed by atoms with van der Waals surface area (Å²) in [5.74, 6) is -0.434. The number of hydrogen-bond donors (Lipinski definition) is 0. The van der Waals surface area contributed by atoms with Gasteiger partial charge in [-0.3, -0.25) is 0 Å². The van der Waals surface area contributed by atoms with Crippen molar-refractivity contribution in [2.24, 2.45) is 0 Å². The Hall–Kier alpha value is -1.66. The second-order valence-corrected chi connectivity index (χ2v) is 16.1. The van der Waals surface area contributed by atoms with Gasteiger partial charge in [-0.15, -0.1) is 0 Å².